The first-order valence-corrected chi connectivity index (χ1v) is 3.78. The van der Waals surface area contributed by atoms with Gasteiger partial charge in [-0.15, -0.1) is 0 Å². The first kappa shape index (κ1) is 10.1. The second-order valence-corrected chi connectivity index (χ2v) is 2.85. The summed E-state index contributed by atoms with van der Waals surface area (Å²) in [5.74, 6) is -3.10. The van der Waals surface area contributed by atoms with Crippen LogP contribution in [-0.4, -0.2) is 11.2 Å². The van der Waals surface area contributed by atoms with Gasteiger partial charge in [0.15, 0.2) is 6.10 Å². The maximum absolute atomic E-state index is 12.8. The number of rotatable bonds is 3. The molecule has 0 aliphatic heterocycles. The van der Waals surface area contributed by atoms with Gasteiger partial charge in [-0.25, -0.2) is 13.7 Å². The van der Waals surface area contributed by atoms with Gasteiger partial charge in [0.05, 0.1) is 0 Å². The predicted molar refractivity (Wildman–Crippen MR) is 43.5 cm³/mol. The van der Waals surface area contributed by atoms with Crippen LogP contribution in [0.4, 0.5) is 8.78 Å². The summed E-state index contributed by atoms with van der Waals surface area (Å²) in [6, 6.07) is 7.85. The Labute approximate surface area is 74.7 Å². The minimum absolute atomic E-state index is 0.248. The van der Waals surface area contributed by atoms with Gasteiger partial charge in [-0.05, 0) is 5.56 Å². The Balaban J connectivity index is 2.92. The summed E-state index contributed by atoms with van der Waals surface area (Å²) in [5, 5.41) is 8.34. The van der Waals surface area contributed by atoms with Crippen LogP contribution >= 0.6 is 0 Å². The lowest BCUT2D eigenvalue weighted by Gasteiger charge is -2.20. The van der Waals surface area contributed by atoms with Crippen molar-refractivity contribution in [2.75, 3.05) is 0 Å². The van der Waals surface area contributed by atoms with Crippen LogP contribution in [0.5, 0.6) is 0 Å². The Hall–Kier alpha value is -1.00. The number of alkyl halides is 2. The van der Waals surface area contributed by atoms with E-state index in [1.807, 2.05) is 0 Å². The molecule has 1 aromatic rings. The van der Waals surface area contributed by atoms with Crippen LogP contribution < -0.4 is 0 Å². The molecule has 0 heterocycles. The van der Waals surface area contributed by atoms with E-state index in [1.54, 1.807) is 18.2 Å². The highest BCUT2D eigenvalue weighted by Crippen LogP contribution is 2.32. The third-order valence-electron chi connectivity index (χ3n) is 1.67. The van der Waals surface area contributed by atoms with Gasteiger partial charge in [-0.2, -0.15) is 0 Å². The number of halogens is 2. The van der Waals surface area contributed by atoms with Crippen molar-refractivity contribution in [3.63, 3.8) is 0 Å². The Morgan fingerprint density at radius 2 is 1.85 bits per heavy atom. The number of hydrogen-bond donors (Lipinski definition) is 1. The molecule has 1 aromatic carbocycles. The molecule has 0 saturated carbocycles. The van der Waals surface area contributed by atoms with Gasteiger partial charge in [0.2, 0.25) is 0 Å². The predicted octanol–water partition coefficient (Wildman–Crippen LogP) is 2.87. The Kier molecular flexibility index (Phi) is 2.95. The van der Waals surface area contributed by atoms with Gasteiger partial charge in [-0.3, -0.25) is 5.26 Å². The molecule has 1 unspecified atom stereocenters. The van der Waals surface area contributed by atoms with Crippen molar-refractivity contribution in [2.45, 2.75) is 19.0 Å². The summed E-state index contributed by atoms with van der Waals surface area (Å²) in [7, 11) is 0. The fourth-order valence-corrected chi connectivity index (χ4v) is 1.07. The number of hydrogen-bond acceptors (Lipinski definition) is 2. The summed E-state index contributed by atoms with van der Waals surface area (Å²) in [4.78, 5) is 3.75. The van der Waals surface area contributed by atoms with Gasteiger partial charge >= 0.3 is 0 Å². The number of benzene rings is 1. The molecule has 1 rings (SSSR count). The third kappa shape index (κ3) is 2.47. The van der Waals surface area contributed by atoms with E-state index in [4.69, 9.17) is 5.26 Å². The van der Waals surface area contributed by atoms with Gasteiger partial charge < -0.3 is 0 Å². The molecule has 0 saturated heterocycles. The Morgan fingerprint density at radius 1 is 1.31 bits per heavy atom. The maximum Gasteiger partial charge on any atom is 0.278 e. The molecule has 1 N–H and O–H groups in total. The average Bonchev–Trinajstić information content (AvgIpc) is 2.05. The van der Waals surface area contributed by atoms with Crippen molar-refractivity contribution in [3.05, 3.63) is 35.9 Å². The van der Waals surface area contributed by atoms with Crippen molar-refractivity contribution < 1.29 is 18.9 Å². The highest BCUT2D eigenvalue weighted by molar-refractivity contribution is 5.19. The quantitative estimate of drug-likeness (QED) is 0.583. The molecule has 0 radical (unpaired) electrons. The first-order valence-electron chi connectivity index (χ1n) is 3.78. The fraction of sp³-hybridized carbons (Fsp3) is 0.333. The first-order chi connectivity index (χ1) is 6.05. The van der Waals surface area contributed by atoms with E-state index in [0.29, 0.717) is 6.92 Å². The van der Waals surface area contributed by atoms with E-state index < -0.39 is 12.0 Å². The third-order valence-corrected chi connectivity index (χ3v) is 1.67. The van der Waals surface area contributed by atoms with E-state index >= 15 is 0 Å². The van der Waals surface area contributed by atoms with Crippen molar-refractivity contribution in [3.8, 4) is 0 Å². The van der Waals surface area contributed by atoms with E-state index in [0.717, 1.165) is 0 Å². The summed E-state index contributed by atoms with van der Waals surface area (Å²) in [6.07, 6.45) is -1.60. The second-order valence-electron chi connectivity index (χ2n) is 2.85. The van der Waals surface area contributed by atoms with Crippen molar-refractivity contribution in [2.24, 2.45) is 0 Å². The van der Waals surface area contributed by atoms with Crippen LogP contribution in [0.2, 0.25) is 0 Å². The summed E-state index contributed by atoms with van der Waals surface area (Å²) >= 11 is 0. The van der Waals surface area contributed by atoms with Crippen molar-refractivity contribution in [1.29, 1.82) is 0 Å². The van der Waals surface area contributed by atoms with E-state index in [2.05, 4.69) is 4.89 Å². The molecule has 2 nitrogen and oxygen atoms in total. The fourth-order valence-electron chi connectivity index (χ4n) is 1.07. The van der Waals surface area contributed by atoms with Gasteiger partial charge in [0.1, 0.15) is 0 Å². The van der Waals surface area contributed by atoms with Gasteiger partial charge in [0, 0.05) is 6.92 Å². The maximum atomic E-state index is 12.8. The van der Waals surface area contributed by atoms with Crippen LogP contribution in [0.3, 0.4) is 0 Å². The molecule has 0 aliphatic carbocycles. The zero-order valence-corrected chi connectivity index (χ0v) is 7.08. The topological polar surface area (TPSA) is 29.5 Å². The lowest BCUT2D eigenvalue weighted by atomic mass is 10.1. The summed E-state index contributed by atoms with van der Waals surface area (Å²) < 4.78 is 25.6. The van der Waals surface area contributed by atoms with Crippen LogP contribution in [-0.2, 0) is 4.89 Å². The van der Waals surface area contributed by atoms with Crippen LogP contribution in [0.25, 0.3) is 0 Å². The second kappa shape index (κ2) is 3.81. The van der Waals surface area contributed by atoms with Crippen LogP contribution in [0.1, 0.15) is 18.6 Å². The average molecular weight is 188 g/mol. The Morgan fingerprint density at radius 3 is 2.23 bits per heavy atom. The molecule has 0 aliphatic rings. The zero-order chi connectivity index (χ0) is 9.90. The summed E-state index contributed by atoms with van der Waals surface area (Å²) in [6.45, 7) is 0.695. The monoisotopic (exact) mass is 188 g/mol. The van der Waals surface area contributed by atoms with Crippen LogP contribution in [0.15, 0.2) is 30.3 Å². The Bertz CT molecular complexity index is 256. The molecular weight excluding hydrogens is 178 g/mol. The molecule has 72 valence electrons. The lowest BCUT2D eigenvalue weighted by molar-refractivity contribution is -0.324. The minimum Gasteiger partial charge on any atom is -0.251 e. The minimum atomic E-state index is -3.10. The smallest absolute Gasteiger partial charge is 0.251 e. The molecule has 4 heteroatoms. The van der Waals surface area contributed by atoms with Gasteiger partial charge in [0.25, 0.3) is 5.92 Å². The molecule has 13 heavy (non-hydrogen) atoms. The normalized spacial score (nSPS) is 14.2. The molecular formula is C9H10F2O2. The van der Waals surface area contributed by atoms with Gasteiger partial charge in [-0.1, -0.05) is 30.3 Å². The molecule has 0 aromatic heterocycles. The molecule has 0 fully saturated rings. The lowest BCUT2D eigenvalue weighted by Crippen LogP contribution is -2.23. The molecule has 0 spiro atoms. The zero-order valence-electron chi connectivity index (χ0n) is 7.08. The van der Waals surface area contributed by atoms with Crippen molar-refractivity contribution in [1.82, 2.24) is 0 Å². The van der Waals surface area contributed by atoms with E-state index in [1.165, 1.54) is 12.1 Å². The molecule has 0 amide bonds. The SMILES string of the molecule is CC(F)(F)C(OO)c1ccccc1. The molecule has 0 bridgehead atoms. The largest absolute Gasteiger partial charge is 0.278 e. The molecule has 1 atom stereocenters. The standard InChI is InChI=1S/C9H10F2O2/c1-9(10,11)8(13-12)7-5-3-2-4-6-7/h2-6,8,12H,1H3. The van der Waals surface area contributed by atoms with E-state index in [-0.39, 0.29) is 5.56 Å². The summed E-state index contributed by atoms with van der Waals surface area (Å²) in [5.41, 5.74) is 0.248. The van der Waals surface area contributed by atoms with Crippen LogP contribution in [0, 0.1) is 0 Å². The van der Waals surface area contributed by atoms with Crippen molar-refractivity contribution >= 4 is 0 Å². The van der Waals surface area contributed by atoms with E-state index in [9.17, 15) is 8.78 Å². The highest BCUT2D eigenvalue weighted by atomic mass is 19.3. The highest BCUT2D eigenvalue weighted by Gasteiger charge is 2.36.